The molecule has 2 aromatic carbocycles. The average molecular weight is 286 g/mol. The summed E-state index contributed by atoms with van der Waals surface area (Å²) in [6.07, 6.45) is 1.17. The van der Waals surface area contributed by atoms with Gasteiger partial charge >= 0.3 is 5.97 Å². The summed E-state index contributed by atoms with van der Waals surface area (Å²) < 4.78 is 4.70. The molecule has 0 radical (unpaired) electrons. The molecule has 3 heteroatoms. The molecule has 20 heavy (non-hydrogen) atoms. The van der Waals surface area contributed by atoms with Crippen LogP contribution in [-0.4, -0.2) is 13.1 Å². The van der Waals surface area contributed by atoms with Crippen LogP contribution in [0.2, 0.25) is 0 Å². The van der Waals surface area contributed by atoms with E-state index >= 15 is 0 Å². The van der Waals surface area contributed by atoms with Crippen molar-refractivity contribution in [3.63, 3.8) is 0 Å². The van der Waals surface area contributed by atoms with Crippen molar-refractivity contribution in [1.82, 2.24) is 0 Å². The van der Waals surface area contributed by atoms with Crippen LogP contribution < -0.4 is 0 Å². The van der Waals surface area contributed by atoms with Crippen LogP contribution in [0.1, 0.15) is 17.5 Å². The summed E-state index contributed by atoms with van der Waals surface area (Å²) in [5, 5.41) is 0. The average Bonchev–Trinajstić information content (AvgIpc) is 2.52. The van der Waals surface area contributed by atoms with Gasteiger partial charge in [0.2, 0.25) is 0 Å². The van der Waals surface area contributed by atoms with Crippen molar-refractivity contribution in [2.75, 3.05) is 7.11 Å². The molecule has 2 nitrogen and oxygen atoms in total. The number of aryl methyl sites for hydroxylation is 1. The van der Waals surface area contributed by atoms with Gasteiger partial charge in [0, 0.05) is 17.1 Å². The molecule has 0 amide bonds. The first-order chi connectivity index (χ1) is 9.79. The molecule has 0 aliphatic heterocycles. The normalized spacial score (nSPS) is 10.2. The van der Waals surface area contributed by atoms with E-state index in [1.165, 1.54) is 23.1 Å². The predicted octanol–water partition coefficient (Wildman–Crippen LogP) is 4.08. The Morgan fingerprint density at radius 2 is 1.65 bits per heavy atom. The zero-order valence-electron chi connectivity index (χ0n) is 11.5. The molecule has 0 spiro atoms. The van der Waals surface area contributed by atoms with E-state index in [-0.39, 0.29) is 5.97 Å². The largest absolute Gasteiger partial charge is 0.469 e. The van der Waals surface area contributed by atoms with E-state index in [9.17, 15) is 4.79 Å². The van der Waals surface area contributed by atoms with Crippen molar-refractivity contribution >= 4 is 17.7 Å². The molecule has 0 N–H and O–H groups in total. The van der Waals surface area contributed by atoms with Crippen molar-refractivity contribution < 1.29 is 9.53 Å². The SMILES string of the molecule is COC(=O)CCc1ccccc1CSc1ccccc1. The lowest BCUT2D eigenvalue weighted by Crippen LogP contribution is -2.03. The first kappa shape index (κ1) is 14.7. The van der Waals surface area contributed by atoms with Crippen LogP contribution in [0.4, 0.5) is 0 Å². The highest BCUT2D eigenvalue weighted by molar-refractivity contribution is 7.98. The van der Waals surface area contributed by atoms with Crippen LogP contribution in [0.5, 0.6) is 0 Å². The monoisotopic (exact) mass is 286 g/mol. The van der Waals surface area contributed by atoms with Gasteiger partial charge in [-0.15, -0.1) is 11.8 Å². The smallest absolute Gasteiger partial charge is 0.305 e. The third-order valence-electron chi connectivity index (χ3n) is 3.08. The lowest BCUT2D eigenvalue weighted by atomic mass is 10.0. The van der Waals surface area contributed by atoms with Crippen molar-refractivity contribution in [2.45, 2.75) is 23.5 Å². The Morgan fingerprint density at radius 3 is 2.35 bits per heavy atom. The van der Waals surface area contributed by atoms with Gasteiger partial charge in [-0.2, -0.15) is 0 Å². The molecular formula is C17H18O2S. The molecule has 104 valence electrons. The third kappa shape index (κ3) is 4.42. The number of carbonyl (C=O) groups excluding carboxylic acids is 1. The first-order valence-electron chi connectivity index (χ1n) is 6.61. The summed E-state index contributed by atoms with van der Waals surface area (Å²) in [6, 6.07) is 18.6. The highest BCUT2D eigenvalue weighted by atomic mass is 32.2. The summed E-state index contributed by atoms with van der Waals surface area (Å²) in [5.74, 6) is 0.761. The van der Waals surface area contributed by atoms with Crippen LogP contribution in [0.3, 0.4) is 0 Å². The molecule has 0 saturated heterocycles. The lowest BCUT2D eigenvalue weighted by molar-refractivity contribution is -0.140. The van der Waals surface area contributed by atoms with E-state index in [1.807, 2.05) is 42.1 Å². The molecule has 0 fully saturated rings. The van der Waals surface area contributed by atoms with Gasteiger partial charge in [0.1, 0.15) is 0 Å². The summed E-state index contributed by atoms with van der Waals surface area (Å²) in [7, 11) is 1.43. The number of benzene rings is 2. The summed E-state index contributed by atoms with van der Waals surface area (Å²) in [4.78, 5) is 12.5. The minimum atomic E-state index is -0.157. The predicted molar refractivity (Wildman–Crippen MR) is 82.8 cm³/mol. The molecule has 0 atom stereocenters. The van der Waals surface area contributed by atoms with Crippen molar-refractivity contribution in [3.05, 3.63) is 65.7 Å². The lowest BCUT2D eigenvalue weighted by Gasteiger charge is -2.09. The van der Waals surface area contributed by atoms with Crippen molar-refractivity contribution in [2.24, 2.45) is 0 Å². The Hall–Kier alpha value is -1.74. The first-order valence-corrected chi connectivity index (χ1v) is 7.59. The number of thioether (sulfide) groups is 1. The summed E-state index contributed by atoms with van der Waals surface area (Å²) >= 11 is 1.81. The number of hydrogen-bond acceptors (Lipinski definition) is 3. The topological polar surface area (TPSA) is 26.3 Å². The second kappa shape index (κ2) is 7.75. The molecule has 0 unspecified atom stereocenters. The number of hydrogen-bond donors (Lipinski definition) is 0. The molecule has 2 rings (SSSR count). The molecular weight excluding hydrogens is 268 g/mol. The molecule has 0 aromatic heterocycles. The molecule has 0 saturated carbocycles. The van der Waals surface area contributed by atoms with E-state index in [0.717, 1.165) is 12.2 Å². The Morgan fingerprint density at radius 1 is 1.00 bits per heavy atom. The van der Waals surface area contributed by atoms with Crippen LogP contribution >= 0.6 is 11.8 Å². The van der Waals surface area contributed by atoms with Gasteiger partial charge in [-0.1, -0.05) is 42.5 Å². The van der Waals surface area contributed by atoms with E-state index in [0.29, 0.717) is 6.42 Å². The highest BCUT2D eigenvalue weighted by Gasteiger charge is 2.06. The summed E-state index contributed by atoms with van der Waals surface area (Å²) in [5.41, 5.74) is 2.51. The molecule has 0 bridgehead atoms. The summed E-state index contributed by atoms with van der Waals surface area (Å²) in [6.45, 7) is 0. The van der Waals surface area contributed by atoms with Gasteiger partial charge in [-0.25, -0.2) is 0 Å². The van der Waals surface area contributed by atoms with Crippen LogP contribution in [0, 0.1) is 0 Å². The number of methoxy groups -OCH3 is 1. The minimum Gasteiger partial charge on any atom is -0.469 e. The van der Waals surface area contributed by atoms with Crippen LogP contribution in [-0.2, 0) is 21.7 Å². The van der Waals surface area contributed by atoms with Gasteiger partial charge in [0.05, 0.1) is 7.11 Å². The Kier molecular flexibility index (Phi) is 5.69. The fraction of sp³-hybridized carbons (Fsp3) is 0.235. The van der Waals surface area contributed by atoms with E-state index in [1.54, 1.807) is 0 Å². The van der Waals surface area contributed by atoms with Crippen molar-refractivity contribution in [3.8, 4) is 0 Å². The quantitative estimate of drug-likeness (QED) is 0.591. The van der Waals surface area contributed by atoms with Gasteiger partial charge in [0.15, 0.2) is 0 Å². The van der Waals surface area contributed by atoms with Crippen LogP contribution in [0.25, 0.3) is 0 Å². The molecule has 0 aliphatic carbocycles. The maximum atomic E-state index is 11.2. The minimum absolute atomic E-state index is 0.157. The molecule has 0 heterocycles. The maximum absolute atomic E-state index is 11.2. The third-order valence-corrected chi connectivity index (χ3v) is 4.14. The van der Waals surface area contributed by atoms with Gasteiger partial charge in [0.25, 0.3) is 0 Å². The second-order valence-electron chi connectivity index (χ2n) is 4.45. The number of rotatable bonds is 6. The standard InChI is InChI=1S/C17H18O2S/c1-19-17(18)12-11-14-7-5-6-8-15(14)13-20-16-9-3-2-4-10-16/h2-10H,11-13H2,1H3. The van der Waals surface area contributed by atoms with Gasteiger partial charge in [-0.05, 0) is 29.7 Å². The highest BCUT2D eigenvalue weighted by Crippen LogP contribution is 2.24. The Balaban J connectivity index is 1.98. The molecule has 0 aliphatic rings. The van der Waals surface area contributed by atoms with Gasteiger partial charge in [-0.3, -0.25) is 4.79 Å². The number of carbonyl (C=O) groups is 1. The zero-order valence-corrected chi connectivity index (χ0v) is 12.4. The van der Waals surface area contributed by atoms with Crippen LogP contribution in [0.15, 0.2) is 59.5 Å². The van der Waals surface area contributed by atoms with E-state index in [2.05, 4.69) is 24.3 Å². The van der Waals surface area contributed by atoms with E-state index < -0.39 is 0 Å². The van der Waals surface area contributed by atoms with Gasteiger partial charge < -0.3 is 4.74 Å². The molecule has 2 aromatic rings. The second-order valence-corrected chi connectivity index (χ2v) is 5.50. The Bertz CT molecular complexity index is 552. The maximum Gasteiger partial charge on any atom is 0.305 e. The number of ether oxygens (including phenoxy) is 1. The number of esters is 1. The Labute approximate surface area is 124 Å². The van der Waals surface area contributed by atoms with E-state index in [4.69, 9.17) is 4.74 Å². The fourth-order valence-corrected chi connectivity index (χ4v) is 2.91. The zero-order chi connectivity index (χ0) is 14.2. The fourth-order valence-electron chi connectivity index (χ4n) is 1.96. The van der Waals surface area contributed by atoms with Crippen molar-refractivity contribution in [1.29, 1.82) is 0 Å².